The third-order valence-corrected chi connectivity index (χ3v) is 3.30. The van der Waals surface area contributed by atoms with Gasteiger partial charge in [-0.3, -0.25) is 0 Å². The highest BCUT2D eigenvalue weighted by Crippen LogP contribution is 2.19. The number of likely N-dealkylation sites (tertiary alicyclic amines) is 1. The minimum Gasteiger partial charge on any atom is -1.00 e. The highest BCUT2D eigenvalue weighted by atomic mass is 35.5. The van der Waals surface area contributed by atoms with E-state index in [1.807, 2.05) is 0 Å². The predicted molar refractivity (Wildman–Crippen MR) is 59.9 cm³/mol. The van der Waals surface area contributed by atoms with Gasteiger partial charge in [0.1, 0.15) is 6.54 Å². The maximum atomic E-state index is 2.40. The van der Waals surface area contributed by atoms with Gasteiger partial charge in [0.2, 0.25) is 0 Å². The van der Waals surface area contributed by atoms with Crippen molar-refractivity contribution in [2.24, 2.45) is 0 Å². The molecule has 0 aromatic heterocycles. The van der Waals surface area contributed by atoms with E-state index in [9.17, 15) is 0 Å². The third-order valence-electron chi connectivity index (χ3n) is 3.30. The Kier molecular flexibility index (Phi) is 4.62. The molecule has 0 N–H and O–H groups in total. The highest BCUT2D eigenvalue weighted by molar-refractivity contribution is 5.13. The van der Waals surface area contributed by atoms with E-state index in [4.69, 9.17) is 0 Å². The molecule has 15 heavy (non-hydrogen) atoms. The third kappa shape index (κ3) is 3.51. The van der Waals surface area contributed by atoms with Crippen molar-refractivity contribution in [2.75, 3.05) is 20.1 Å². The van der Waals surface area contributed by atoms with Crippen LogP contribution in [0.3, 0.4) is 0 Å². The number of benzene rings is 1. The van der Waals surface area contributed by atoms with Gasteiger partial charge in [-0.05, 0) is 19.3 Å². The Labute approximate surface area is 99.1 Å². The molecule has 0 radical (unpaired) electrons. The Morgan fingerprint density at radius 3 is 2.20 bits per heavy atom. The summed E-state index contributed by atoms with van der Waals surface area (Å²) >= 11 is 0. The molecule has 1 nitrogen and oxygen atoms in total. The van der Waals surface area contributed by atoms with Crippen LogP contribution in [0.15, 0.2) is 30.3 Å². The average Bonchev–Trinajstić information content (AvgIpc) is 2.19. The summed E-state index contributed by atoms with van der Waals surface area (Å²) in [7, 11) is 2.40. The lowest BCUT2D eigenvalue weighted by Crippen LogP contribution is -3.00. The second kappa shape index (κ2) is 5.53. The van der Waals surface area contributed by atoms with Crippen LogP contribution >= 0.6 is 0 Å². The molecule has 1 aromatic rings. The lowest BCUT2D eigenvalue weighted by atomic mass is 10.1. The van der Waals surface area contributed by atoms with E-state index in [2.05, 4.69) is 37.4 Å². The fraction of sp³-hybridized carbons (Fsp3) is 0.538. The lowest BCUT2D eigenvalue weighted by molar-refractivity contribution is -0.926. The number of nitrogens with zero attached hydrogens (tertiary/aromatic N) is 1. The van der Waals surface area contributed by atoms with Crippen LogP contribution < -0.4 is 12.4 Å². The first kappa shape index (κ1) is 12.5. The topological polar surface area (TPSA) is 0 Å². The van der Waals surface area contributed by atoms with Crippen LogP contribution in [-0.4, -0.2) is 24.6 Å². The summed E-state index contributed by atoms with van der Waals surface area (Å²) in [5, 5.41) is 0. The van der Waals surface area contributed by atoms with Gasteiger partial charge in [-0.25, -0.2) is 0 Å². The van der Waals surface area contributed by atoms with Gasteiger partial charge in [0.25, 0.3) is 0 Å². The first-order valence-corrected chi connectivity index (χ1v) is 5.66. The molecular formula is C13H20ClN. The van der Waals surface area contributed by atoms with Gasteiger partial charge < -0.3 is 16.9 Å². The van der Waals surface area contributed by atoms with Crippen molar-refractivity contribution in [1.82, 2.24) is 0 Å². The van der Waals surface area contributed by atoms with E-state index in [0.717, 1.165) is 0 Å². The minimum atomic E-state index is 0. The Hall–Kier alpha value is -0.530. The van der Waals surface area contributed by atoms with Crippen LogP contribution in [0.5, 0.6) is 0 Å². The SMILES string of the molecule is C[N+]1(Cc2ccccc2)CCCCC1.[Cl-]. The zero-order valence-corrected chi connectivity index (χ0v) is 10.2. The van der Waals surface area contributed by atoms with Crippen LogP contribution in [0.25, 0.3) is 0 Å². The smallest absolute Gasteiger partial charge is 0.104 e. The molecule has 0 saturated carbocycles. The van der Waals surface area contributed by atoms with Crippen molar-refractivity contribution in [3.05, 3.63) is 35.9 Å². The molecule has 0 aliphatic carbocycles. The summed E-state index contributed by atoms with van der Waals surface area (Å²) in [4.78, 5) is 0. The second-order valence-corrected chi connectivity index (χ2v) is 4.77. The molecule has 0 bridgehead atoms. The summed E-state index contributed by atoms with van der Waals surface area (Å²) < 4.78 is 1.24. The van der Waals surface area contributed by atoms with Gasteiger partial charge in [-0.1, -0.05) is 30.3 Å². The first-order chi connectivity index (χ1) is 6.79. The summed E-state index contributed by atoms with van der Waals surface area (Å²) in [5.74, 6) is 0. The summed E-state index contributed by atoms with van der Waals surface area (Å²) in [6.45, 7) is 3.92. The van der Waals surface area contributed by atoms with E-state index in [-0.39, 0.29) is 12.4 Å². The van der Waals surface area contributed by atoms with Crippen molar-refractivity contribution in [3.63, 3.8) is 0 Å². The quantitative estimate of drug-likeness (QED) is 0.613. The van der Waals surface area contributed by atoms with E-state index in [0.29, 0.717) is 0 Å². The van der Waals surface area contributed by atoms with Crippen molar-refractivity contribution in [3.8, 4) is 0 Å². The molecule has 1 aliphatic rings. The zero-order chi connectivity index (χ0) is 9.86. The summed E-state index contributed by atoms with van der Waals surface area (Å²) in [5.41, 5.74) is 1.48. The van der Waals surface area contributed by atoms with E-state index < -0.39 is 0 Å². The van der Waals surface area contributed by atoms with Crippen molar-refractivity contribution in [1.29, 1.82) is 0 Å². The zero-order valence-electron chi connectivity index (χ0n) is 9.45. The second-order valence-electron chi connectivity index (χ2n) is 4.77. The molecule has 1 fully saturated rings. The normalized spacial score (nSPS) is 19.3. The number of piperidine rings is 1. The fourth-order valence-electron chi connectivity index (χ4n) is 2.46. The van der Waals surface area contributed by atoms with Crippen molar-refractivity contribution >= 4 is 0 Å². The Morgan fingerprint density at radius 2 is 1.60 bits per heavy atom. The Balaban J connectivity index is 0.00000112. The molecule has 1 aromatic carbocycles. The van der Waals surface area contributed by atoms with Crippen LogP contribution in [0.2, 0.25) is 0 Å². The highest BCUT2D eigenvalue weighted by Gasteiger charge is 2.24. The molecule has 0 amide bonds. The standard InChI is InChI=1S/C13H20N.ClH/c1-14(10-6-3-7-11-14)12-13-8-4-2-5-9-13;/h2,4-5,8-9H,3,6-7,10-12H2,1H3;1H/q+1;/p-1. The van der Waals surface area contributed by atoms with Crippen LogP contribution in [0, 0.1) is 0 Å². The molecule has 84 valence electrons. The number of rotatable bonds is 2. The van der Waals surface area contributed by atoms with Gasteiger partial charge >= 0.3 is 0 Å². The molecule has 0 spiro atoms. The van der Waals surface area contributed by atoms with E-state index >= 15 is 0 Å². The number of halogens is 1. The van der Waals surface area contributed by atoms with E-state index in [1.165, 1.54) is 48.9 Å². The first-order valence-electron chi connectivity index (χ1n) is 5.66. The fourth-order valence-corrected chi connectivity index (χ4v) is 2.46. The maximum absolute atomic E-state index is 2.40. The van der Waals surface area contributed by atoms with Gasteiger partial charge in [-0.15, -0.1) is 0 Å². The predicted octanol–water partition coefficient (Wildman–Crippen LogP) is -0.179. The number of hydrogen-bond donors (Lipinski definition) is 0. The van der Waals surface area contributed by atoms with Crippen molar-refractivity contribution < 1.29 is 16.9 Å². The maximum Gasteiger partial charge on any atom is 0.104 e. The molecular weight excluding hydrogens is 206 g/mol. The summed E-state index contributed by atoms with van der Waals surface area (Å²) in [6, 6.07) is 10.9. The Bertz CT molecular complexity index is 278. The van der Waals surface area contributed by atoms with Crippen molar-refractivity contribution in [2.45, 2.75) is 25.8 Å². The molecule has 0 atom stereocenters. The lowest BCUT2D eigenvalue weighted by Gasteiger charge is -2.37. The molecule has 1 saturated heterocycles. The van der Waals surface area contributed by atoms with Gasteiger partial charge in [0.05, 0.1) is 20.1 Å². The molecule has 2 rings (SSSR count). The Morgan fingerprint density at radius 1 is 1.00 bits per heavy atom. The average molecular weight is 226 g/mol. The molecule has 1 aliphatic heterocycles. The molecule has 1 heterocycles. The minimum absolute atomic E-state index is 0. The van der Waals surface area contributed by atoms with Gasteiger partial charge in [0.15, 0.2) is 0 Å². The molecule has 0 unspecified atom stereocenters. The van der Waals surface area contributed by atoms with Gasteiger partial charge in [0, 0.05) is 5.56 Å². The van der Waals surface area contributed by atoms with Crippen LogP contribution in [0.1, 0.15) is 24.8 Å². The summed E-state index contributed by atoms with van der Waals surface area (Å²) in [6.07, 6.45) is 4.25. The van der Waals surface area contributed by atoms with Crippen LogP contribution in [-0.2, 0) is 6.54 Å². The van der Waals surface area contributed by atoms with E-state index in [1.54, 1.807) is 0 Å². The van der Waals surface area contributed by atoms with Gasteiger partial charge in [-0.2, -0.15) is 0 Å². The van der Waals surface area contributed by atoms with Crippen LogP contribution in [0.4, 0.5) is 0 Å². The monoisotopic (exact) mass is 225 g/mol. The number of quaternary nitrogens is 1. The molecule has 2 heteroatoms. The number of hydrogen-bond acceptors (Lipinski definition) is 0. The largest absolute Gasteiger partial charge is 1.00 e.